The lowest BCUT2D eigenvalue weighted by Gasteiger charge is -2.18. The molecule has 0 fully saturated rings. The summed E-state index contributed by atoms with van der Waals surface area (Å²) in [5.74, 6) is 0.411. The number of nitrogens with one attached hydrogen (secondary N) is 1. The predicted molar refractivity (Wildman–Crippen MR) is 85.9 cm³/mol. The molecule has 0 saturated carbocycles. The molecule has 1 aromatic carbocycles. The van der Waals surface area contributed by atoms with Gasteiger partial charge in [0.25, 0.3) is 0 Å². The van der Waals surface area contributed by atoms with Gasteiger partial charge < -0.3 is 5.32 Å². The summed E-state index contributed by atoms with van der Waals surface area (Å²) >= 11 is 0. The molecule has 1 unspecified atom stereocenters. The summed E-state index contributed by atoms with van der Waals surface area (Å²) < 4.78 is 36.1. The van der Waals surface area contributed by atoms with Crippen molar-refractivity contribution in [3.8, 4) is 0 Å². The van der Waals surface area contributed by atoms with Crippen LogP contribution in [0.15, 0.2) is 24.3 Å². The summed E-state index contributed by atoms with van der Waals surface area (Å²) in [6.07, 6.45) is 2.49. The van der Waals surface area contributed by atoms with Crippen LogP contribution >= 0.6 is 0 Å². The number of benzene rings is 1. The van der Waals surface area contributed by atoms with Gasteiger partial charge in [-0.25, -0.2) is 12.8 Å². The summed E-state index contributed by atoms with van der Waals surface area (Å²) in [6, 6.07) is 6.51. The molecule has 21 heavy (non-hydrogen) atoms. The van der Waals surface area contributed by atoms with E-state index in [0.29, 0.717) is 6.42 Å². The van der Waals surface area contributed by atoms with Crippen molar-refractivity contribution in [1.29, 1.82) is 0 Å². The number of hydrogen-bond acceptors (Lipinski definition) is 3. The highest BCUT2D eigenvalue weighted by molar-refractivity contribution is 7.91. The molecular weight excluding hydrogens is 289 g/mol. The Labute approximate surface area is 127 Å². The highest BCUT2D eigenvalue weighted by Gasteiger charge is 2.14. The molecule has 0 heterocycles. The van der Waals surface area contributed by atoms with Crippen LogP contribution in [0, 0.1) is 5.82 Å². The summed E-state index contributed by atoms with van der Waals surface area (Å²) in [7, 11) is -2.91. The summed E-state index contributed by atoms with van der Waals surface area (Å²) in [6.45, 7) is 5.51. The van der Waals surface area contributed by atoms with Gasteiger partial charge in [-0.1, -0.05) is 26.0 Å². The Morgan fingerprint density at radius 1 is 1.19 bits per heavy atom. The topological polar surface area (TPSA) is 46.2 Å². The first kappa shape index (κ1) is 18.1. The molecule has 0 aliphatic heterocycles. The Hall–Kier alpha value is -0.940. The van der Waals surface area contributed by atoms with Crippen molar-refractivity contribution in [2.24, 2.45) is 0 Å². The second-order valence-electron chi connectivity index (χ2n) is 5.33. The fourth-order valence-electron chi connectivity index (χ4n) is 2.27. The first-order chi connectivity index (χ1) is 9.98. The molecule has 120 valence electrons. The molecule has 0 spiro atoms. The van der Waals surface area contributed by atoms with E-state index in [9.17, 15) is 12.8 Å². The minimum absolute atomic E-state index is 0.197. The Morgan fingerprint density at radius 3 is 2.43 bits per heavy atom. The van der Waals surface area contributed by atoms with Crippen LogP contribution in [0.3, 0.4) is 0 Å². The van der Waals surface area contributed by atoms with Crippen LogP contribution in [0.1, 0.15) is 44.6 Å². The Bertz CT molecular complexity index is 500. The van der Waals surface area contributed by atoms with E-state index in [1.54, 1.807) is 19.1 Å². The van der Waals surface area contributed by atoms with E-state index in [4.69, 9.17) is 0 Å². The van der Waals surface area contributed by atoms with Gasteiger partial charge in [0.15, 0.2) is 0 Å². The number of rotatable bonds is 10. The molecule has 1 N–H and O–H groups in total. The molecule has 1 aromatic rings. The third-order valence-electron chi connectivity index (χ3n) is 3.61. The largest absolute Gasteiger partial charge is 0.316 e. The molecule has 1 rings (SSSR count). The molecule has 0 amide bonds. The molecule has 0 aliphatic rings. The van der Waals surface area contributed by atoms with Crippen molar-refractivity contribution >= 4 is 9.84 Å². The fourth-order valence-corrected chi connectivity index (χ4v) is 3.16. The minimum atomic E-state index is -2.91. The zero-order valence-corrected chi connectivity index (χ0v) is 13.8. The molecular formula is C16H26FNO2S. The number of hydrogen-bond donors (Lipinski definition) is 1. The van der Waals surface area contributed by atoms with Crippen LogP contribution in [-0.2, 0) is 9.84 Å². The van der Waals surface area contributed by atoms with Gasteiger partial charge in [0.05, 0.1) is 5.75 Å². The quantitative estimate of drug-likeness (QED) is 0.675. The van der Waals surface area contributed by atoms with Gasteiger partial charge in [-0.2, -0.15) is 0 Å². The number of halogens is 1. The van der Waals surface area contributed by atoms with Gasteiger partial charge >= 0.3 is 0 Å². The van der Waals surface area contributed by atoms with Crippen molar-refractivity contribution in [2.45, 2.75) is 39.0 Å². The van der Waals surface area contributed by atoms with Crippen LogP contribution in [-0.4, -0.2) is 33.0 Å². The second-order valence-corrected chi connectivity index (χ2v) is 7.80. The predicted octanol–water partition coefficient (Wildman–Crippen LogP) is 3.12. The van der Waals surface area contributed by atoms with E-state index in [0.717, 1.165) is 31.5 Å². The van der Waals surface area contributed by atoms with Gasteiger partial charge in [-0.15, -0.1) is 0 Å². The van der Waals surface area contributed by atoms with Crippen molar-refractivity contribution in [2.75, 3.05) is 24.6 Å². The normalized spacial score (nSPS) is 13.3. The van der Waals surface area contributed by atoms with E-state index in [1.165, 1.54) is 12.1 Å². The fraction of sp³-hybridized carbons (Fsp3) is 0.625. The maximum absolute atomic E-state index is 13.0. The third kappa shape index (κ3) is 7.05. The second kappa shape index (κ2) is 9.15. The Balaban J connectivity index is 2.62. The standard InChI is InChI=1S/C16H26FNO2S/c1-3-11-18-13-15(6-5-12-21(19,20)4-2)14-7-9-16(17)10-8-14/h7-10,15,18H,3-6,11-13H2,1-2H3. The van der Waals surface area contributed by atoms with E-state index in [1.807, 2.05) is 0 Å². The smallest absolute Gasteiger partial charge is 0.150 e. The molecule has 5 heteroatoms. The van der Waals surface area contributed by atoms with Gasteiger partial charge in [0.1, 0.15) is 15.7 Å². The molecule has 0 bridgehead atoms. The van der Waals surface area contributed by atoms with Crippen molar-refractivity contribution in [1.82, 2.24) is 5.32 Å². The van der Waals surface area contributed by atoms with Crippen molar-refractivity contribution in [3.63, 3.8) is 0 Å². The monoisotopic (exact) mass is 315 g/mol. The average Bonchev–Trinajstić information content (AvgIpc) is 2.47. The summed E-state index contributed by atoms with van der Waals surface area (Å²) in [5, 5.41) is 3.37. The van der Waals surface area contributed by atoms with Gasteiger partial charge in [0, 0.05) is 12.3 Å². The summed E-state index contributed by atoms with van der Waals surface area (Å²) in [4.78, 5) is 0. The van der Waals surface area contributed by atoms with E-state index in [2.05, 4.69) is 12.2 Å². The van der Waals surface area contributed by atoms with Crippen LogP contribution in [0.4, 0.5) is 4.39 Å². The first-order valence-corrected chi connectivity index (χ1v) is 9.47. The van der Waals surface area contributed by atoms with Crippen LogP contribution in [0.25, 0.3) is 0 Å². The van der Waals surface area contributed by atoms with Crippen LogP contribution < -0.4 is 5.32 Å². The summed E-state index contributed by atoms with van der Waals surface area (Å²) in [5.41, 5.74) is 1.06. The highest BCUT2D eigenvalue weighted by Crippen LogP contribution is 2.21. The minimum Gasteiger partial charge on any atom is -0.316 e. The first-order valence-electron chi connectivity index (χ1n) is 7.65. The molecule has 0 aromatic heterocycles. The average molecular weight is 315 g/mol. The lowest BCUT2D eigenvalue weighted by Crippen LogP contribution is -2.23. The van der Waals surface area contributed by atoms with Crippen LogP contribution in [0.2, 0.25) is 0 Å². The maximum atomic E-state index is 13.0. The van der Waals surface area contributed by atoms with Crippen molar-refractivity contribution in [3.05, 3.63) is 35.6 Å². The third-order valence-corrected chi connectivity index (χ3v) is 5.40. The van der Waals surface area contributed by atoms with E-state index in [-0.39, 0.29) is 23.2 Å². The molecule has 0 saturated heterocycles. The Morgan fingerprint density at radius 2 is 1.86 bits per heavy atom. The molecule has 1 atom stereocenters. The molecule has 0 aliphatic carbocycles. The SMILES string of the molecule is CCCNCC(CCCS(=O)(=O)CC)c1ccc(F)cc1. The highest BCUT2D eigenvalue weighted by atomic mass is 32.2. The molecule has 3 nitrogen and oxygen atoms in total. The van der Waals surface area contributed by atoms with E-state index >= 15 is 0 Å². The lowest BCUT2D eigenvalue weighted by atomic mass is 9.94. The maximum Gasteiger partial charge on any atom is 0.150 e. The van der Waals surface area contributed by atoms with E-state index < -0.39 is 9.84 Å². The zero-order chi connectivity index (χ0) is 15.7. The van der Waals surface area contributed by atoms with Gasteiger partial charge in [-0.3, -0.25) is 0 Å². The van der Waals surface area contributed by atoms with Gasteiger partial charge in [0.2, 0.25) is 0 Å². The number of sulfone groups is 1. The Kier molecular flexibility index (Phi) is 7.89. The van der Waals surface area contributed by atoms with Crippen molar-refractivity contribution < 1.29 is 12.8 Å². The van der Waals surface area contributed by atoms with Crippen LogP contribution in [0.5, 0.6) is 0 Å². The molecule has 0 radical (unpaired) electrons. The lowest BCUT2D eigenvalue weighted by molar-refractivity contribution is 0.537. The van der Waals surface area contributed by atoms with Gasteiger partial charge in [-0.05, 0) is 49.4 Å². The zero-order valence-electron chi connectivity index (χ0n) is 12.9.